The lowest BCUT2D eigenvalue weighted by Crippen LogP contribution is -2.30. The van der Waals surface area contributed by atoms with Gasteiger partial charge in [0.05, 0.1) is 0 Å². The van der Waals surface area contributed by atoms with Crippen LogP contribution >= 0.6 is 0 Å². The molecule has 0 aliphatic rings. The Bertz CT molecular complexity index is 1250. The van der Waals surface area contributed by atoms with Gasteiger partial charge in [0.1, 0.15) is 13.2 Å². The molecule has 6 heteroatoms. The van der Waals surface area contributed by atoms with Gasteiger partial charge in [-0.15, -0.1) is 0 Å². The molecule has 0 aliphatic heterocycles. The van der Waals surface area contributed by atoms with Crippen molar-refractivity contribution in [2.24, 2.45) is 0 Å². The maximum absolute atomic E-state index is 12.9. The van der Waals surface area contributed by atoms with Crippen molar-refractivity contribution in [3.63, 3.8) is 0 Å². The minimum Gasteiger partial charge on any atom is -0.462 e. The summed E-state index contributed by atoms with van der Waals surface area (Å²) in [5.41, 5.74) is 0. The van der Waals surface area contributed by atoms with Crippen LogP contribution in [0.3, 0.4) is 0 Å². The van der Waals surface area contributed by atoms with Gasteiger partial charge in [-0.2, -0.15) is 0 Å². The molecule has 0 amide bonds. The Hall–Kier alpha value is -2.89. The molecule has 0 aliphatic carbocycles. The molecule has 0 aromatic rings. The molecule has 0 bridgehead atoms. The lowest BCUT2D eigenvalue weighted by molar-refractivity contribution is -0.167. The van der Waals surface area contributed by atoms with Crippen molar-refractivity contribution < 1.29 is 28.6 Å². The second-order valence-electron chi connectivity index (χ2n) is 19.9. The third-order valence-corrected chi connectivity index (χ3v) is 13.0. The van der Waals surface area contributed by atoms with Crippen LogP contribution in [0.25, 0.3) is 0 Å². The van der Waals surface area contributed by atoms with E-state index in [4.69, 9.17) is 14.2 Å². The van der Waals surface area contributed by atoms with Gasteiger partial charge in [0.2, 0.25) is 0 Å². The predicted molar refractivity (Wildman–Crippen MR) is 298 cm³/mol. The Labute approximate surface area is 428 Å². The molecule has 0 spiro atoms. The van der Waals surface area contributed by atoms with Crippen molar-refractivity contribution in [1.82, 2.24) is 0 Å². The predicted octanol–water partition coefficient (Wildman–Crippen LogP) is 20.0. The first kappa shape index (κ1) is 66.1. The minimum absolute atomic E-state index is 0.0761. The molecule has 0 saturated heterocycles. The third kappa shape index (κ3) is 55.9. The van der Waals surface area contributed by atoms with E-state index in [2.05, 4.69) is 81.5 Å². The van der Waals surface area contributed by atoms with Gasteiger partial charge in [0, 0.05) is 19.3 Å². The second kappa shape index (κ2) is 57.7. The Balaban J connectivity index is 4.37. The highest BCUT2D eigenvalue weighted by molar-refractivity contribution is 5.71. The van der Waals surface area contributed by atoms with Crippen LogP contribution in [0.4, 0.5) is 0 Å². The number of ether oxygens (including phenoxy) is 3. The summed E-state index contributed by atoms with van der Waals surface area (Å²) in [7, 11) is 0. The van der Waals surface area contributed by atoms with Gasteiger partial charge in [-0.05, 0) is 64.2 Å². The van der Waals surface area contributed by atoms with Crippen LogP contribution in [-0.4, -0.2) is 37.2 Å². The van der Waals surface area contributed by atoms with E-state index in [1.54, 1.807) is 0 Å². The average molecular weight is 966 g/mol. The van der Waals surface area contributed by atoms with E-state index < -0.39 is 6.10 Å². The monoisotopic (exact) mass is 965 g/mol. The maximum atomic E-state index is 12.9. The van der Waals surface area contributed by atoms with Crippen LogP contribution < -0.4 is 0 Å². The van der Waals surface area contributed by atoms with Gasteiger partial charge < -0.3 is 14.2 Å². The number of esters is 3. The highest BCUT2D eigenvalue weighted by Gasteiger charge is 2.19. The number of carbonyl (C=O) groups excluding carboxylic acids is 3. The van der Waals surface area contributed by atoms with Gasteiger partial charge in [-0.25, -0.2) is 0 Å². The zero-order valence-electron chi connectivity index (χ0n) is 45.8. The topological polar surface area (TPSA) is 78.9 Å². The molecule has 0 N–H and O–H groups in total. The summed E-state index contributed by atoms with van der Waals surface area (Å²) >= 11 is 0. The van der Waals surface area contributed by atoms with E-state index in [9.17, 15) is 14.4 Å². The van der Waals surface area contributed by atoms with Gasteiger partial charge in [-0.3, -0.25) is 14.4 Å². The van der Waals surface area contributed by atoms with Crippen molar-refractivity contribution in [2.75, 3.05) is 13.2 Å². The molecular formula is C63H112O6. The number of carbonyl (C=O) groups is 3. The van der Waals surface area contributed by atoms with E-state index in [1.807, 2.05) is 0 Å². The molecule has 0 radical (unpaired) electrons. The summed E-state index contributed by atoms with van der Waals surface area (Å²) in [6.07, 6.45) is 72.1. The van der Waals surface area contributed by atoms with E-state index in [-0.39, 0.29) is 31.1 Å². The van der Waals surface area contributed by atoms with Crippen LogP contribution in [0, 0.1) is 0 Å². The smallest absolute Gasteiger partial charge is 0.306 e. The molecule has 0 aromatic heterocycles. The number of allylic oxidation sites excluding steroid dienone is 10. The fourth-order valence-electron chi connectivity index (χ4n) is 8.59. The highest BCUT2D eigenvalue weighted by atomic mass is 16.6. The summed E-state index contributed by atoms with van der Waals surface area (Å²) in [6.45, 7) is 6.55. The molecule has 0 fully saturated rings. The van der Waals surface area contributed by atoms with Gasteiger partial charge >= 0.3 is 17.9 Å². The van der Waals surface area contributed by atoms with Gasteiger partial charge in [0.25, 0.3) is 0 Å². The van der Waals surface area contributed by atoms with Crippen molar-refractivity contribution in [2.45, 2.75) is 309 Å². The highest BCUT2D eigenvalue weighted by Crippen LogP contribution is 2.17. The normalized spacial score (nSPS) is 12.4. The zero-order chi connectivity index (χ0) is 50.0. The summed E-state index contributed by atoms with van der Waals surface area (Å²) in [5, 5.41) is 0. The lowest BCUT2D eigenvalue weighted by Gasteiger charge is -2.18. The van der Waals surface area contributed by atoms with Crippen molar-refractivity contribution in [3.05, 3.63) is 60.8 Å². The van der Waals surface area contributed by atoms with Crippen molar-refractivity contribution >= 4 is 17.9 Å². The van der Waals surface area contributed by atoms with E-state index in [0.29, 0.717) is 19.3 Å². The number of unbranched alkanes of at least 4 members (excludes halogenated alkanes) is 33. The van der Waals surface area contributed by atoms with Crippen LogP contribution in [0.2, 0.25) is 0 Å². The number of rotatable bonds is 54. The Kier molecular flexibility index (Phi) is 55.3. The van der Waals surface area contributed by atoms with E-state index in [0.717, 1.165) is 109 Å². The molecule has 0 aromatic carbocycles. The van der Waals surface area contributed by atoms with Gasteiger partial charge in [0.15, 0.2) is 6.10 Å². The zero-order valence-corrected chi connectivity index (χ0v) is 45.8. The fraction of sp³-hybridized carbons (Fsp3) is 0.794. The largest absolute Gasteiger partial charge is 0.462 e. The van der Waals surface area contributed by atoms with E-state index >= 15 is 0 Å². The summed E-state index contributed by atoms with van der Waals surface area (Å²) in [6, 6.07) is 0. The van der Waals surface area contributed by atoms with Crippen LogP contribution in [0.15, 0.2) is 60.8 Å². The minimum atomic E-state index is -0.779. The summed E-state index contributed by atoms with van der Waals surface area (Å²) in [4.78, 5) is 38.2. The molecule has 400 valence electrons. The first-order valence-corrected chi connectivity index (χ1v) is 29.8. The Morgan fingerprint density at radius 3 is 0.884 bits per heavy atom. The Morgan fingerprint density at radius 1 is 0.304 bits per heavy atom. The second-order valence-corrected chi connectivity index (χ2v) is 19.9. The first-order valence-electron chi connectivity index (χ1n) is 29.8. The molecule has 0 heterocycles. The molecule has 6 nitrogen and oxygen atoms in total. The average Bonchev–Trinajstić information content (AvgIpc) is 3.35. The number of hydrogen-bond acceptors (Lipinski definition) is 6. The van der Waals surface area contributed by atoms with Crippen LogP contribution in [0.5, 0.6) is 0 Å². The molecule has 1 unspecified atom stereocenters. The van der Waals surface area contributed by atoms with Crippen molar-refractivity contribution in [1.29, 1.82) is 0 Å². The quantitative estimate of drug-likeness (QED) is 0.0262. The van der Waals surface area contributed by atoms with E-state index in [1.165, 1.54) is 154 Å². The molecule has 0 saturated carbocycles. The van der Waals surface area contributed by atoms with Gasteiger partial charge in [-0.1, -0.05) is 281 Å². The maximum Gasteiger partial charge on any atom is 0.306 e. The number of hydrogen-bond donors (Lipinski definition) is 0. The van der Waals surface area contributed by atoms with Crippen molar-refractivity contribution in [3.8, 4) is 0 Å². The fourth-order valence-corrected chi connectivity index (χ4v) is 8.59. The molecule has 1 atom stereocenters. The SMILES string of the molecule is CC/C=C\C/C=C\C/C=C\C/C=C\C/C=C\CCCCCCCC(=O)OCC(COC(=O)CCCCCCCCCCCCCCCC)OC(=O)CCCCCCCCCCCCCCCCCC. The third-order valence-electron chi connectivity index (χ3n) is 13.0. The van der Waals surface area contributed by atoms with Crippen LogP contribution in [0.1, 0.15) is 303 Å². The van der Waals surface area contributed by atoms with Crippen LogP contribution in [-0.2, 0) is 28.6 Å². The molecule has 0 rings (SSSR count). The standard InChI is InChI=1S/C63H112O6/c1-4-7-10-13-16-19-22-25-28-30-31-32-33-34-36-38-41-44-47-50-53-56-62(65)68-59-60(58-67-61(64)55-52-49-46-43-40-37-27-24-21-18-15-12-9-6-3)69-63(66)57-54-51-48-45-42-39-35-29-26-23-20-17-14-11-8-5-2/h7,10,16,19,25,28,31-32,34,36,60H,4-6,8-9,11-15,17-18,20-24,26-27,29-30,33,35,37-59H2,1-3H3/b10-7-,19-16-,28-25-,32-31-,36-34-. The lowest BCUT2D eigenvalue weighted by atomic mass is 10.0. The first-order chi connectivity index (χ1) is 34.0. The summed E-state index contributed by atoms with van der Waals surface area (Å²) in [5.74, 6) is -0.879. The molecule has 69 heavy (non-hydrogen) atoms. The molecular weight excluding hydrogens is 853 g/mol. The Morgan fingerprint density at radius 2 is 0.565 bits per heavy atom. The summed E-state index contributed by atoms with van der Waals surface area (Å²) < 4.78 is 16.9.